The molecule has 2 atom stereocenters. The Balaban J connectivity index is 1.93. The van der Waals surface area contributed by atoms with Gasteiger partial charge in [-0.15, -0.1) is 0 Å². The van der Waals surface area contributed by atoms with E-state index in [4.69, 9.17) is 0 Å². The van der Waals surface area contributed by atoms with E-state index in [1.807, 2.05) is 0 Å². The highest BCUT2D eigenvalue weighted by molar-refractivity contribution is 5.31. The van der Waals surface area contributed by atoms with Gasteiger partial charge in [-0.05, 0) is 30.5 Å². The molecule has 0 spiro atoms. The van der Waals surface area contributed by atoms with Crippen molar-refractivity contribution in [3.05, 3.63) is 35.4 Å². The molecule has 0 amide bonds. The van der Waals surface area contributed by atoms with Crippen molar-refractivity contribution in [2.45, 2.75) is 49.6 Å². The van der Waals surface area contributed by atoms with E-state index in [1.165, 1.54) is 12.1 Å². The summed E-state index contributed by atoms with van der Waals surface area (Å²) in [6, 6.07) is 4.91. The summed E-state index contributed by atoms with van der Waals surface area (Å²) in [5.74, 6) is 0. The van der Waals surface area contributed by atoms with Gasteiger partial charge in [0.05, 0.1) is 5.56 Å². The maximum absolute atomic E-state index is 15.0. The molecule has 2 heterocycles. The summed E-state index contributed by atoms with van der Waals surface area (Å²) in [5, 5.41) is 3.30. The predicted octanol–water partition coefficient (Wildman–Crippen LogP) is 3.78. The maximum Gasteiger partial charge on any atom is 0.416 e. The van der Waals surface area contributed by atoms with Crippen LogP contribution in [0.3, 0.4) is 0 Å². The van der Waals surface area contributed by atoms with E-state index in [2.05, 4.69) is 5.32 Å². The summed E-state index contributed by atoms with van der Waals surface area (Å²) in [5.41, 5.74) is -2.23. The Hall–Kier alpha value is -1.10. The van der Waals surface area contributed by atoms with E-state index in [1.54, 1.807) is 0 Å². The summed E-state index contributed by atoms with van der Waals surface area (Å²) in [6.07, 6.45) is -2.06. The lowest BCUT2D eigenvalue weighted by atomic mass is 9.82. The predicted molar refractivity (Wildman–Crippen MR) is 63.4 cm³/mol. The number of halogens is 4. The molecule has 19 heavy (non-hydrogen) atoms. The molecule has 2 unspecified atom stereocenters. The fourth-order valence-corrected chi connectivity index (χ4v) is 3.30. The van der Waals surface area contributed by atoms with Gasteiger partial charge in [0.25, 0.3) is 0 Å². The van der Waals surface area contributed by atoms with E-state index >= 15 is 4.39 Å². The number of hydrogen-bond donors (Lipinski definition) is 1. The molecule has 104 valence electrons. The molecule has 0 aromatic heterocycles. The molecule has 2 bridgehead atoms. The summed E-state index contributed by atoms with van der Waals surface area (Å²) in [6.45, 7) is 0. The van der Waals surface area contributed by atoms with E-state index in [0.717, 1.165) is 25.0 Å². The summed E-state index contributed by atoms with van der Waals surface area (Å²) >= 11 is 0. The number of fused-ring (bicyclic) bond motifs is 2. The third-order valence-electron chi connectivity index (χ3n) is 4.18. The van der Waals surface area contributed by atoms with Crippen LogP contribution in [-0.2, 0) is 11.8 Å². The zero-order chi connectivity index (χ0) is 13.7. The van der Waals surface area contributed by atoms with Crippen LogP contribution in [0.15, 0.2) is 24.3 Å². The van der Waals surface area contributed by atoms with Crippen molar-refractivity contribution >= 4 is 0 Å². The van der Waals surface area contributed by atoms with Crippen LogP contribution in [0.5, 0.6) is 0 Å². The minimum Gasteiger partial charge on any atom is -0.311 e. The van der Waals surface area contributed by atoms with Crippen molar-refractivity contribution in [2.24, 2.45) is 0 Å². The minimum absolute atomic E-state index is 0.0956. The fourth-order valence-electron chi connectivity index (χ4n) is 3.30. The zero-order valence-electron chi connectivity index (χ0n) is 10.3. The number of piperidine rings is 1. The Morgan fingerprint density at radius 3 is 2.32 bits per heavy atom. The van der Waals surface area contributed by atoms with Crippen molar-refractivity contribution < 1.29 is 17.6 Å². The second-order valence-electron chi connectivity index (χ2n) is 5.59. The van der Waals surface area contributed by atoms with Crippen molar-refractivity contribution in [1.82, 2.24) is 5.32 Å². The van der Waals surface area contributed by atoms with E-state index < -0.39 is 17.4 Å². The van der Waals surface area contributed by atoms with Gasteiger partial charge >= 0.3 is 6.18 Å². The van der Waals surface area contributed by atoms with Crippen molar-refractivity contribution in [1.29, 1.82) is 0 Å². The standard InChI is InChI=1S/C14H15F4N/c15-13(7-11-4-5-12(8-13)19-11)9-2-1-3-10(6-9)14(16,17)18/h1-3,6,11-12,19H,4-5,7-8H2. The number of hydrogen-bond acceptors (Lipinski definition) is 1. The zero-order valence-corrected chi connectivity index (χ0v) is 10.3. The highest BCUT2D eigenvalue weighted by atomic mass is 19.4. The van der Waals surface area contributed by atoms with Gasteiger partial charge in [-0.25, -0.2) is 4.39 Å². The van der Waals surface area contributed by atoms with Gasteiger partial charge in [0, 0.05) is 24.9 Å². The van der Waals surface area contributed by atoms with Gasteiger partial charge in [-0.1, -0.05) is 12.1 Å². The van der Waals surface area contributed by atoms with Crippen LogP contribution in [0.2, 0.25) is 0 Å². The monoisotopic (exact) mass is 273 g/mol. The molecule has 1 nitrogen and oxygen atoms in total. The molecule has 2 saturated heterocycles. The molecule has 1 aromatic carbocycles. The summed E-state index contributed by atoms with van der Waals surface area (Å²) in [4.78, 5) is 0. The second-order valence-corrected chi connectivity index (χ2v) is 5.59. The Morgan fingerprint density at radius 1 is 1.11 bits per heavy atom. The van der Waals surface area contributed by atoms with Crippen LogP contribution in [0.1, 0.15) is 36.8 Å². The SMILES string of the molecule is FC(F)(F)c1cccc(C2(F)CC3CCC(C2)N3)c1. The summed E-state index contributed by atoms with van der Waals surface area (Å²) < 4.78 is 53.1. The third-order valence-corrected chi connectivity index (χ3v) is 4.18. The Labute approximate surface area is 109 Å². The number of nitrogens with one attached hydrogen (secondary N) is 1. The van der Waals surface area contributed by atoms with Crippen LogP contribution in [-0.4, -0.2) is 12.1 Å². The molecular weight excluding hydrogens is 258 g/mol. The Kier molecular flexibility index (Phi) is 2.85. The van der Waals surface area contributed by atoms with Crippen LogP contribution < -0.4 is 5.32 Å². The molecule has 1 aromatic rings. The first-order valence-electron chi connectivity index (χ1n) is 6.49. The first-order valence-corrected chi connectivity index (χ1v) is 6.49. The average molecular weight is 273 g/mol. The smallest absolute Gasteiger partial charge is 0.311 e. The largest absolute Gasteiger partial charge is 0.416 e. The van der Waals surface area contributed by atoms with Crippen molar-refractivity contribution in [3.63, 3.8) is 0 Å². The van der Waals surface area contributed by atoms with Crippen molar-refractivity contribution in [3.8, 4) is 0 Å². The highest BCUT2D eigenvalue weighted by Crippen LogP contribution is 2.44. The van der Waals surface area contributed by atoms with Gasteiger partial charge in [0.15, 0.2) is 0 Å². The molecule has 0 aliphatic carbocycles. The molecule has 2 fully saturated rings. The first kappa shape index (κ1) is 12.9. The molecule has 0 radical (unpaired) electrons. The topological polar surface area (TPSA) is 12.0 Å². The number of alkyl halides is 4. The Bertz CT molecular complexity index is 471. The van der Waals surface area contributed by atoms with Gasteiger partial charge in [-0.2, -0.15) is 13.2 Å². The van der Waals surface area contributed by atoms with Crippen molar-refractivity contribution in [2.75, 3.05) is 0 Å². The molecule has 1 N–H and O–H groups in total. The van der Waals surface area contributed by atoms with E-state index in [0.29, 0.717) is 0 Å². The molecule has 2 aliphatic heterocycles. The normalized spacial score (nSPS) is 34.5. The third kappa shape index (κ3) is 2.36. The molecular formula is C14H15F4N. The van der Waals surface area contributed by atoms with Crippen LogP contribution in [0.4, 0.5) is 17.6 Å². The van der Waals surface area contributed by atoms with Gasteiger partial charge < -0.3 is 5.32 Å². The van der Waals surface area contributed by atoms with Crippen LogP contribution >= 0.6 is 0 Å². The summed E-state index contributed by atoms with van der Waals surface area (Å²) in [7, 11) is 0. The second kappa shape index (κ2) is 4.20. The van der Waals surface area contributed by atoms with Crippen LogP contribution in [0.25, 0.3) is 0 Å². The molecule has 3 rings (SSSR count). The van der Waals surface area contributed by atoms with Gasteiger partial charge in [0.1, 0.15) is 5.67 Å². The molecule has 0 saturated carbocycles. The quantitative estimate of drug-likeness (QED) is 0.768. The lowest BCUT2D eigenvalue weighted by molar-refractivity contribution is -0.137. The first-order chi connectivity index (χ1) is 8.87. The molecule has 2 aliphatic rings. The number of benzene rings is 1. The highest BCUT2D eigenvalue weighted by Gasteiger charge is 2.45. The minimum atomic E-state index is -4.42. The molecule has 5 heteroatoms. The van der Waals surface area contributed by atoms with E-state index in [-0.39, 0.29) is 30.5 Å². The van der Waals surface area contributed by atoms with Gasteiger partial charge in [-0.3, -0.25) is 0 Å². The fraction of sp³-hybridized carbons (Fsp3) is 0.571. The lowest BCUT2D eigenvalue weighted by Gasteiger charge is -2.35. The number of rotatable bonds is 1. The maximum atomic E-state index is 15.0. The van der Waals surface area contributed by atoms with E-state index in [9.17, 15) is 13.2 Å². The Morgan fingerprint density at radius 2 is 1.74 bits per heavy atom. The average Bonchev–Trinajstić information content (AvgIpc) is 2.68. The lowest BCUT2D eigenvalue weighted by Crippen LogP contribution is -2.44. The van der Waals surface area contributed by atoms with Gasteiger partial charge in [0.2, 0.25) is 0 Å². The van der Waals surface area contributed by atoms with Crippen LogP contribution in [0, 0.1) is 0 Å².